The Labute approximate surface area is 118 Å². The zero-order valence-corrected chi connectivity index (χ0v) is 11.7. The molecule has 1 aliphatic rings. The normalized spacial score (nSPS) is 21.7. The average molecular weight is 286 g/mol. The molecule has 0 radical (unpaired) electrons. The lowest BCUT2D eigenvalue weighted by Gasteiger charge is -2.25. The first-order valence-electron chi connectivity index (χ1n) is 7.01. The summed E-state index contributed by atoms with van der Waals surface area (Å²) in [5.41, 5.74) is 2.42. The maximum atomic E-state index is 12.9. The Morgan fingerprint density at radius 3 is 2.75 bits per heavy atom. The fraction of sp³-hybridized carbons (Fsp3) is 0.600. The molecule has 1 atom stereocenters. The lowest BCUT2D eigenvalue weighted by atomic mass is 10.1. The van der Waals surface area contributed by atoms with Gasteiger partial charge < -0.3 is 10.2 Å². The number of hydrogen-bond acceptors (Lipinski definition) is 2. The summed E-state index contributed by atoms with van der Waals surface area (Å²) in [7, 11) is 0. The molecule has 20 heavy (non-hydrogen) atoms. The van der Waals surface area contributed by atoms with Crippen molar-refractivity contribution in [2.75, 3.05) is 32.7 Å². The predicted octanol–water partition coefficient (Wildman–Crippen LogP) is 2.62. The Hall–Kier alpha value is -1.07. The molecule has 1 aromatic rings. The van der Waals surface area contributed by atoms with Crippen molar-refractivity contribution in [3.05, 3.63) is 35.4 Å². The van der Waals surface area contributed by atoms with E-state index >= 15 is 0 Å². The highest BCUT2D eigenvalue weighted by Crippen LogP contribution is 2.27. The third-order valence-corrected chi connectivity index (χ3v) is 3.90. The van der Waals surface area contributed by atoms with Crippen molar-refractivity contribution < 1.29 is 13.2 Å². The van der Waals surface area contributed by atoms with Crippen LogP contribution in [0.2, 0.25) is 0 Å². The van der Waals surface area contributed by atoms with Crippen LogP contribution in [-0.4, -0.2) is 43.8 Å². The highest BCUT2D eigenvalue weighted by atomic mass is 19.4. The minimum absolute atomic E-state index is 0.0321. The lowest BCUT2D eigenvalue weighted by Crippen LogP contribution is -2.38. The zero-order valence-electron chi connectivity index (χ0n) is 11.7. The molecule has 112 valence electrons. The van der Waals surface area contributed by atoms with Gasteiger partial charge in [0.15, 0.2) is 0 Å². The molecule has 1 fully saturated rings. The van der Waals surface area contributed by atoms with E-state index in [-0.39, 0.29) is 13.1 Å². The van der Waals surface area contributed by atoms with Crippen LogP contribution in [0.1, 0.15) is 11.1 Å². The third-order valence-electron chi connectivity index (χ3n) is 3.90. The molecule has 0 spiro atoms. The molecule has 0 amide bonds. The van der Waals surface area contributed by atoms with Gasteiger partial charge in [-0.1, -0.05) is 24.3 Å². The molecule has 0 aromatic heterocycles. The number of hydrogen-bond donors (Lipinski definition) is 1. The highest BCUT2D eigenvalue weighted by Gasteiger charge is 2.40. The van der Waals surface area contributed by atoms with Crippen molar-refractivity contribution in [2.45, 2.75) is 19.5 Å². The molecule has 0 aliphatic carbocycles. The second-order valence-electron chi connectivity index (χ2n) is 5.42. The van der Waals surface area contributed by atoms with E-state index in [1.54, 1.807) is 0 Å². The quantitative estimate of drug-likeness (QED) is 0.919. The smallest absolute Gasteiger partial charge is 0.315 e. The van der Waals surface area contributed by atoms with Gasteiger partial charge in [-0.25, -0.2) is 0 Å². The lowest BCUT2D eigenvalue weighted by molar-refractivity contribution is -0.175. The first kappa shape index (κ1) is 15.3. The van der Waals surface area contributed by atoms with Crippen LogP contribution in [0, 0.1) is 12.8 Å². The molecule has 1 unspecified atom stereocenters. The first-order valence-corrected chi connectivity index (χ1v) is 7.01. The predicted molar refractivity (Wildman–Crippen MR) is 73.7 cm³/mol. The summed E-state index contributed by atoms with van der Waals surface area (Å²) in [6.45, 7) is 4.16. The van der Waals surface area contributed by atoms with E-state index < -0.39 is 12.1 Å². The van der Waals surface area contributed by atoms with Gasteiger partial charge in [0.2, 0.25) is 0 Å². The standard InChI is InChI=1S/C15H21F3N2/c1-12-4-2-3-5-13(12)6-8-20-9-7-19-10-14(11-20)15(16,17)18/h2-5,14,19H,6-11H2,1H3. The summed E-state index contributed by atoms with van der Waals surface area (Å²) in [5, 5.41) is 2.88. The van der Waals surface area contributed by atoms with Crippen LogP contribution in [0.15, 0.2) is 24.3 Å². The minimum Gasteiger partial charge on any atom is -0.315 e. The van der Waals surface area contributed by atoms with Crippen LogP contribution in [0.4, 0.5) is 13.2 Å². The number of alkyl halides is 3. The highest BCUT2D eigenvalue weighted by molar-refractivity contribution is 5.25. The van der Waals surface area contributed by atoms with Crippen molar-refractivity contribution >= 4 is 0 Å². The maximum absolute atomic E-state index is 12.9. The van der Waals surface area contributed by atoms with Gasteiger partial charge in [-0.15, -0.1) is 0 Å². The molecule has 1 saturated heterocycles. The Morgan fingerprint density at radius 1 is 1.30 bits per heavy atom. The maximum Gasteiger partial charge on any atom is 0.394 e. The average Bonchev–Trinajstić information content (AvgIpc) is 2.63. The molecule has 2 nitrogen and oxygen atoms in total. The number of benzene rings is 1. The second kappa shape index (κ2) is 6.59. The molecule has 0 bridgehead atoms. The Morgan fingerprint density at radius 2 is 2.05 bits per heavy atom. The summed E-state index contributed by atoms with van der Waals surface area (Å²) in [6, 6.07) is 8.05. The van der Waals surface area contributed by atoms with Gasteiger partial charge in [0.25, 0.3) is 0 Å². The number of aryl methyl sites for hydroxylation is 1. The van der Waals surface area contributed by atoms with Gasteiger partial charge in [0.05, 0.1) is 5.92 Å². The van der Waals surface area contributed by atoms with E-state index in [9.17, 15) is 13.2 Å². The SMILES string of the molecule is Cc1ccccc1CCN1CCNCC(C(F)(F)F)C1. The molecule has 1 heterocycles. The monoisotopic (exact) mass is 286 g/mol. The topological polar surface area (TPSA) is 15.3 Å². The first-order chi connectivity index (χ1) is 9.47. The van der Waals surface area contributed by atoms with Gasteiger partial charge in [-0.2, -0.15) is 13.2 Å². The molecule has 1 aromatic carbocycles. The van der Waals surface area contributed by atoms with E-state index in [0.717, 1.165) is 6.42 Å². The van der Waals surface area contributed by atoms with E-state index in [1.807, 2.05) is 36.1 Å². The number of rotatable bonds is 3. The van der Waals surface area contributed by atoms with Crippen LogP contribution in [0.25, 0.3) is 0 Å². The molecule has 2 rings (SSSR count). The third kappa shape index (κ3) is 4.21. The summed E-state index contributed by atoms with van der Waals surface area (Å²) in [6.07, 6.45) is -3.31. The molecule has 1 aliphatic heterocycles. The Bertz CT molecular complexity index is 431. The summed E-state index contributed by atoms with van der Waals surface area (Å²) in [4.78, 5) is 1.92. The van der Waals surface area contributed by atoms with Gasteiger partial charge in [-0.05, 0) is 24.5 Å². The van der Waals surface area contributed by atoms with E-state index in [0.29, 0.717) is 19.6 Å². The summed E-state index contributed by atoms with van der Waals surface area (Å²) < 4.78 is 38.6. The van der Waals surface area contributed by atoms with E-state index in [2.05, 4.69) is 5.32 Å². The Balaban J connectivity index is 1.93. The summed E-state index contributed by atoms with van der Waals surface area (Å²) in [5.74, 6) is -1.26. The van der Waals surface area contributed by atoms with Crippen molar-refractivity contribution in [1.82, 2.24) is 10.2 Å². The largest absolute Gasteiger partial charge is 0.394 e. The Kier molecular flexibility index (Phi) is 5.05. The van der Waals surface area contributed by atoms with Crippen molar-refractivity contribution in [3.8, 4) is 0 Å². The van der Waals surface area contributed by atoms with Crippen molar-refractivity contribution in [1.29, 1.82) is 0 Å². The molecular formula is C15H21F3N2. The van der Waals surface area contributed by atoms with E-state index in [1.165, 1.54) is 11.1 Å². The second-order valence-corrected chi connectivity index (χ2v) is 5.42. The van der Waals surface area contributed by atoms with Gasteiger partial charge in [-0.3, -0.25) is 0 Å². The number of nitrogens with one attached hydrogen (secondary N) is 1. The van der Waals surface area contributed by atoms with E-state index in [4.69, 9.17) is 0 Å². The van der Waals surface area contributed by atoms with Gasteiger partial charge in [0, 0.05) is 32.7 Å². The van der Waals surface area contributed by atoms with Crippen molar-refractivity contribution in [3.63, 3.8) is 0 Å². The summed E-state index contributed by atoms with van der Waals surface area (Å²) >= 11 is 0. The fourth-order valence-corrected chi connectivity index (χ4v) is 2.57. The molecule has 5 heteroatoms. The minimum atomic E-state index is -4.11. The van der Waals surface area contributed by atoms with Crippen molar-refractivity contribution in [2.24, 2.45) is 5.92 Å². The zero-order chi connectivity index (χ0) is 14.6. The molecular weight excluding hydrogens is 265 g/mol. The van der Waals surface area contributed by atoms with Gasteiger partial charge >= 0.3 is 6.18 Å². The fourth-order valence-electron chi connectivity index (χ4n) is 2.57. The van der Waals surface area contributed by atoms with Crippen LogP contribution in [0.5, 0.6) is 0 Å². The number of halogens is 3. The van der Waals surface area contributed by atoms with Crippen LogP contribution in [0.3, 0.4) is 0 Å². The molecule has 1 N–H and O–H groups in total. The van der Waals surface area contributed by atoms with Crippen LogP contribution < -0.4 is 5.32 Å². The van der Waals surface area contributed by atoms with Crippen LogP contribution >= 0.6 is 0 Å². The van der Waals surface area contributed by atoms with Crippen LogP contribution in [-0.2, 0) is 6.42 Å². The van der Waals surface area contributed by atoms with Gasteiger partial charge in [0.1, 0.15) is 0 Å². The molecule has 0 saturated carbocycles. The number of nitrogens with zero attached hydrogens (tertiary/aromatic N) is 1.